The molecule has 0 amide bonds. The highest BCUT2D eigenvalue weighted by molar-refractivity contribution is 7.88. The average Bonchev–Trinajstić information content (AvgIpc) is 2.71. The Labute approximate surface area is 127 Å². The first-order valence-corrected chi connectivity index (χ1v) is 9.15. The molecule has 1 aliphatic rings. The van der Waals surface area contributed by atoms with Gasteiger partial charge in [-0.1, -0.05) is 43.2 Å². The van der Waals surface area contributed by atoms with Gasteiger partial charge in [0.05, 0.1) is 11.8 Å². The maximum absolute atomic E-state index is 12.7. The highest BCUT2D eigenvalue weighted by Crippen LogP contribution is 2.25. The van der Waals surface area contributed by atoms with Crippen LogP contribution in [0.1, 0.15) is 44.1 Å². The van der Waals surface area contributed by atoms with E-state index in [9.17, 15) is 8.42 Å². The second-order valence-corrected chi connectivity index (χ2v) is 7.47. The summed E-state index contributed by atoms with van der Waals surface area (Å²) in [6.45, 7) is 0.589. The quantitative estimate of drug-likeness (QED) is 0.840. The van der Waals surface area contributed by atoms with Gasteiger partial charge in [0, 0.05) is 19.0 Å². The van der Waals surface area contributed by atoms with Gasteiger partial charge in [-0.2, -0.15) is 9.57 Å². The Bertz CT molecular complexity index is 578. The molecule has 1 aromatic rings. The third-order valence-electron chi connectivity index (χ3n) is 3.96. The molecule has 1 aliphatic heterocycles. The maximum Gasteiger partial charge on any atom is 0.218 e. The summed E-state index contributed by atoms with van der Waals surface area (Å²) in [5.74, 6) is 0.0525. The highest BCUT2D eigenvalue weighted by atomic mass is 32.2. The van der Waals surface area contributed by atoms with E-state index in [-0.39, 0.29) is 11.8 Å². The molecule has 1 fully saturated rings. The lowest BCUT2D eigenvalue weighted by molar-refractivity contribution is 0.309. The van der Waals surface area contributed by atoms with E-state index in [2.05, 4.69) is 6.07 Å². The van der Waals surface area contributed by atoms with Gasteiger partial charge in [-0.3, -0.25) is 0 Å². The molecule has 2 rings (SSSR count). The van der Waals surface area contributed by atoms with E-state index in [4.69, 9.17) is 5.26 Å². The lowest BCUT2D eigenvalue weighted by atomic mass is 10.1. The van der Waals surface area contributed by atoms with Gasteiger partial charge in [-0.25, -0.2) is 8.42 Å². The molecule has 0 aliphatic carbocycles. The lowest BCUT2D eigenvalue weighted by Crippen LogP contribution is -2.40. The molecule has 0 aromatic heterocycles. The molecule has 1 atom stereocenters. The van der Waals surface area contributed by atoms with Gasteiger partial charge in [0.2, 0.25) is 10.0 Å². The van der Waals surface area contributed by atoms with Crippen molar-refractivity contribution in [3.8, 4) is 6.07 Å². The summed E-state index contributed by atoms with van der Waals surface area (Å²) < 4.78 is 27.1. The molecule has 1 unspecified atom stereocenters. The van der Waals surface area contributed by atoms with Crippen molar-refractivity contribution in [3.05, 3.63) is 35.9 Å². The predicted molar refractivity (Wildman–Crippen MR) is 82.9 cm³/mol. The molecule has 0 saturated carbocycles. The normalized spacial score (nSPS) is 20.6. The van der Waals surface area contributed by atoms with Gasteiger partial charge in [-0.05, 0) is 24.8 Å². The van der Waals surface area contributed by atoms with Crippen LogP contribution in [0.4, 0.5) is 0 Å². The number of nitrogens with zero attached hydrogens (tertiary/aromatic N) is 2. The zero-order chi connectivity index (χ0) is 15.1. The van der Waals surface area contributed by atoms with Crippen LogP contribution in [0.3, 0.4) is 0 Å². The molecule has 5 heteroatoms. The molecule has 21 heavy (non-hydrogen) atoms. The number of benzene rings is 1. The standard InChI is InChI=1S/C16H22N2O2S/c17-12-7-11-16-10-5-2-6-13-18(16)21(19,20)14-15-8-3-1-4-9-15/h1,3-4,8-9,16H,2,5-7,10-11,13-14H2. The minimum absolute atomic E-state index is 0.0131. The molecule has 0 bridgehead atoms. The minimum atomic E-state index is -3.32. The van der Waals surface area contributed by atoms with Crippen molar-refractivity contribution in [2.24, 2.45) is 0 Å². The van der Waals surface area contributed by atoms with Crippen LogP contribution in [0.15, 0.2) is 30.3 Å². The average molecular weight is 306 g/mol. The zero-order valence-corrected chi connectivity index (χ0v) is 13.1. The Hall–Kier alpha value is -1.38. The lowest BCUT2D eigenvalue weighted by Gasteiger charge is -2.28. The third-order valence-corrected chi connectivity index (χ3v) is 5.86. The number of hydrogen-bond donors (Lipinski definition) is 0. The van der Waals surface area contributed by atoms with Crippen molar-refractivity contribution in [1.82, 2.24) is 4.31 Å². The van der Waals surface area contributed by atoms with Crippen LogP contribution in [-0.4, -0.2) is 25.3 Å². The second kappa shape index (κ2) is 7.58. The van der Waals surface area contributed by atoms with Gasteiger partial charge in [0.1, 0.15) is 0 Å². The Morgan fingerprint density at radius 2 is 1.95 bits per heavy atom. The Kier molecular flexibility index (Phi) is 5.77. The monoisotopic (exact) mass is 306 g/mol. The summed E-state index contributed by atoms with van der Waals surface area (Å²) in [6.07, 6.45) is 4.97. The smallest absolute Gasteiger partial charge is 0.212 e. The topological polar surface area (TPSA) is 61.2 Å². The number of rotatable bonds is 5. The van der Waals surface area contributed by atoms with Gasteiger partial charge >= 0.3 is 0 Å². The van der Waals surface area contributed by atoms with Crippen LogP contribution >= 0.6 is 0 Å². The molecule has 4 nitrogen and oxygen atoms in total. The largest absolute Gasteiger partial charge is 0.218 e. The Morgan fingerprint density at radius 1 is 1.19 bits per heavy atom. The van der Waals surface area contributed by atoms with E-state index in [0.29, 0.717) is 19.4 Å². The predicted octanol–water partition coefficient (Wildman–Crippen LogP) is 3.06. The number of hydrogen-bond acceptors (Lipinski definition) is 3. The molecule has 0 spiro atoms. The SMILES string of the molecule is N#CCCC1CCCCCN1S(=O)(=O)Cc1ccccc1. The minimum Gasteiger partial charge on any atom is -0.212 e. The van der Waals surface area contributed by atoms with Crippen molar-refractivity contribution in [2.75, 3.05) is 6.54 Å². The second-order valence-electron chi connectivity index (χ2n) is 5.55. The maximum atomic E-state index is 12.7. The molecular formula is C16H22N2O2S. The van der Waals surface area contributed by atoms with Crippen LogP contribution in [0.5, 0.6) is 0 Å². The van der Waals surface area contributed by atoms with E-state index < -0.39 is 10.0 Å². The van der Waals surface area contributed by atoms with Crippen molar-refractivity contribution < 1.29 is 8.42 Å². The van der Waals surface area contributed by atoms with Crippen molar-refractivity contribution >= 4 is 10.0 Å². The first-order valence-electron chi connectivity index (χ1n) is 7.54. The van der Waals surface area contributed by atoms with E-state index in [1.165, 1.54) is 0 Å². The summed E-state index contributed by atoms with van der Waals surface area (Å²) in [7, 11) is -3.32. The van der Waals surface area contributed by atoms with Gasteiger partial charge in [-0.15, -0.1) is 0 Å². The summed E-state index contributed by atoms with van der Waals surface area (Å²) in [4.78, 5) is 0. The molecule has 0 N–H and O–H groups in total. The van der Waals surface area contributed by atoms with Crippen LogP contribution in [-0.2, 0) is 15.8 Å². The van der Waals surface area contributed by atoms with Crippen LogP contribution < -0.4 is 0 Å². The van der Waals surface area contributed by atoms with E-state index in [1.807, 2.05) is 30.3 Å². The summed E-state index contributed by atoms with van der Waals surface area (Å²) in [5, 5.41) is 8.77. The Morgan fingerprint density at radius 3 is 2.67 bits per heavy atom. The van der Waals surface area contributed by atoms with Gasteiger partial charge in [0.15, 0.2) is 0 Å². The van der Waals surface area contributed by atoms with Crippen LogP contribution in [0.25, 0.3) is 0 Å². The number of sulfonamides is 1. The molecule has 1 heterocycles. The Balaban J connectivity index is 2.15. The zero-order valence-electron chi connectivity index (χ0n) is 12.2. The highest BCUT2D eigenvalue weighted by Gasteiger charge is 2.30. The van der Waals surface area contributed by atoms with Crippen LogP contribution in [0.2, 0.25) is 0 Å². The summed E-state index contributed by atoms with van der Waals surface area (Å²) in [6, 6.07) is 11.4. The van der Waals surface area contributed by atoms with Gasteiger partial charge in [0.25, 0.3) is 0 Å². The van der Waals surface area contributed by atoms with Crippen molar-refractivity contribution in [2.45, 2.75) is 50.3 Å². The molecule has 1 aromatic carbocycles. The van der Waals surface area contributed by atoms with E-state index in [1.54, 1.807) is 4.31 Å². The molecular weight excluding hydrogens is 284 g/mol. The molecule has 1 saturated heterocycles. The fourth-order valence-electron chi connectivity index (χ4n) is 2.90. The number of nitriles is 1. The summed E-state index contributed by atoms with van der Waals surface area (Å²) in [5.41, 5.74) is 0.820. The fraction of sp³-hybridized carbons (Fsp3) is 0.562. The van der Waals surface area contributed by atoms with Gasteiger partial charge < -0.3 is 0 Å². The molecule has 114 valence electrons. The van der Waals surface area contributed by atoms with Crippen molar-refractivity contribution in [1.29, 1.82) is 5.26 Å². The molecule has 0 radical (unpaired) electrons. The van der Waals surface area contributed by atoms with Crippen molar-refractivity contribution in [3.63, 3.8) is 0 Å². The van der Waals surface area contributed by atoms with E-state index >= 15 is 0 Å². The fourth-order valence-corrected chi connectivity index (χ4v) is 4.76. The third kappa shape index (κ3) is 4.55. The van der Waals surface area contributed by atoms with E-state index in [0.717, 1.165) is 31.2 Å². The first-order chi connectivity index (χ1) is 10.1. The first kappa shape index (κ1) is 16.0. The van der Waals surface area contributed by atoms with Crippen LogP contribution in [0, 0.1) is 11.3 Å². The summed E-state index contributed by atoms with van der Waals surface area (Å²) >= 11 is 0.